The number of morpholine rings is 2. The molecule has 2 N–H and O–H groups in total. The van der Waals surface area contributed by atoms with Crippen molar-refractivity contribution in [2.75, 3.05) is 166 Å². The molecule has 0 saturated carbocycles. The smallest absolute Gasteiger partial charge is 0.325 e. The predicted molar refractivity (Wildman–Crippen MR) is 545 cm³/mol. The van der Waals surface area contributed by atoms with Crippen LogP contribution >= 0.6 is 0 Å². The third-order valence-corrected chi connectivity index (χ3v) is 20.3. The van der Waals surface area contributed by atoms with E-state index in [1.54, 1.807) is 13.8 Å². The lowest BCUT2D eigenvalue weighted by Crippen LogP contribution is -2.45. The van der Waals surface area contributed by atoms with Gasteiger partial charge in [0.25, 0.3) is 0 Å². The number of carbonyl (C=O) groups excluding carboxylic acids is 7. The third-order valence-electron chi connectivity index (χ3n) is 20.3. The van der Waals surface area contributed by atoms with Gasteiger partial charge in [-0.2, -0.15) is 0 Å². The molecule has 0 amide bonds. The second-order valence-electron chi connectivity index (χ2n) is 53.3. The van der Waals surface area contributed by atoms with Gasteiger partial charge in [-0.3, -0.25) is 43.4 Å². The van der Waals surface area contributed by atoms with Crippen LogP contribution in [0.15, 0.2) is 0 Å². The van der Waals surface area contributed by atoms with Crippen LogP contribution in [0.4, 0.5) is 0 Å². The summed E-state index contributed by atoms with van der Waals surface area (Å²) in [6.07, 6.45) is 6.44. The molecule has 3 aliphatic heterocycles. The molecule has 0 aromatic rings. The Morgan fingerprint density at radius 3 is 0.798 bits per heavy atom. The quantitative estimate of drug-likeness (QED) is 0.0659. The van der Waals surface area contributed by atoms with Gasteiger partial charge in [0, 0.05) is 65.4 Å². The fraction of sp³-hybridized carbons (Fsp3) is 0.935. The summed E-state index contributed by atoms with van der Waals surface area (Å²) < 4.78 is 47.6. The van der Waals surface area contributed by atoms with E-state index < -0.39 is 16.4 Å². The van der Waals surface area contributed by atoms with E-state index in [0.29, 0.717) is 55.9 Å². The van der Waals surface area contributed by atoms with Gasteiger partial charge in [0.2, 0.25) is 0 Å². The van der Waals surface area contributed by atoms with Gasteiger partial charge >= 0.3 is 41.8 Å². The lowest BCUT2D eigenvalue weighted by atomic mass is 9.88. The average molecular weight is 1850 g/mol. The molecule has 1 atom stereocenters. The SMILES string of the molecule is CC(C)(C)CN1CCOCC1.CC(C)(C)COC(=O)C(C)(C)C.CC(C)(C)COC(=O)C(C)(C)CCN1CCOCC1.CC(C)(C)COC(=O)C(C)(C)N.CCC(C)(C)C.CCC(C)(C)C(=O)OC(C)C(C)(C)C.CCC(C)(C)C(=O)OCC(C)(C)C.CCCC(C)(C)C(=O)OCC(C)(C)C.CN(C)CC(C)(C)C.CN1CCN(CCC(C)(C)C(=O)OCC(C)(C)C)CC1. The Hall–Kier alpha value is -4.03. The number of piperazine rings is 1. The maximum atomic E-state index is 12.2. The molecule has 0 aromatic heterocycles. The van der Waals surface area contributed by atoms with Gasteiger partial charge in [0.15, 0.2) is 0 Å². The van der Waals surface area contributed by atoms with Crippen LogP contribution in [0.5, 0.6) is 0 Å². The summed E-state index contributed by atoms with van der Waals surface area (Å²) in [5.74, 6) is -0.895. The first-order valence-corrected chi connectivity index (χ1v) is 48.8. The summed E-state index contributed by atoms with van der Waals surface area (Å²) in [4.78, 5) is 93.5. The molecule has 0 spiro atoms. The Kier molecular flexibility index (Phi) is 65.5. The van der Waals surface area contributed by atoms with Crippen LogP contribution in [-0.2, 0) is 76.2 Å². The van der Waals surface area contributed by atoms with E-state index in [2.05, 4.69) is 226 Å². The number of ether oxygens (including phenoxy) is 9. The molecule has 0 bridgehead atoms. The minimum Gasteiger partial charge on any atom is -0.465 e. The van der Waals surface area contributed by atoms with Crippen molar-refractivity contribution in [1.82, 2.24) is 24.5 Å². The minimum atomic E-state index is -0.884. The Balaban J connectivity index is -0.000000260. The molecular weight excluding hydrogens is 1630 g/mol. The maximum Gasteiger partial charge on any atom is 0.325 e. The van der Waals surface area contributed by atoms with E-state index in [4.69, 9.17) is 48.4 Å². The van der Waals surface area contributed by atoms with Crippen LogP contribution in [0.2, 0.25) is 0 Å². The first-order valence-electron chi connectivity index (χ1n) is 48.8. The van der Waals surface area contributed by atoms with E-state index in [0.717, 1.165) is 137 Å². The summed E-state index contributed by atoms with van der Waals surface area (Å²) in [6, 6.07) is 0. The van der Waals surface area contributed by atoms with Crippen molar-refractivity contribution >= 4 is 41.8 Å². The van der Waals surface area contributed by atoms with Crippen molar-refractivity contribution in [2.45, 2.75) is 403 Å². The summed E-state index contributed by atoms with van der Waals surface area (Å²) in [5.41, 5.74) is 4.07. The lowest BCUT2D eigenvalue weighted by Gasteiger charge is -2.34. The zero-order valence-electron chi connectivity index (χ0n) is 95.4. The van der Waals surface area contributed by atoms with Gasteiger partial charge in [-0.05, 0) is 231 Å². The van der Waals surface area contributed by atoms with Gasteiger partial charge < -0.3 is 63.1 Å². The first kappa shape index (κ1) is 138. The van der Waals surface area contributed by atoms with Crippen LogP contribution in [0.1, 0.15) is 391 Å². The molecular formula is C107H220N6O16. The standard InChI is InChI=1S/C16H32N2O2.C15H29NO3.2C12H24O2.C11H22O2.C10H20O2.C9H19NO2.C9H19NO.C7H17N.C6H14/c1-15(2,3)13-20-14(19)16(4,5)7-8-18-11-9-17(6)10-12-18;1-14(2,3)12-19-13(17)15(4,5)6-7-16-8-10-18-11-9-16;1-8-12(6,7)10(13)14-9(2)11(3,4)5;1-7-8-12(5,6)10(13)14-9-11(2,3)4;1-7-11(5,6)9(12)13-8-10(2,3)4;1-9(2,3)7-12-8(11)10(4,5)6;1-8(2,3)6-12-7(11)9(4,5)10;1-9(2,3)8-10-4-6-11-7-5-10;1-7(2,3)6-8(4)5;1-5-6(2,3)4/h7-13H2,1-6H3;6-12H2,1-5H3;9H,8H2,1-7H3;7-9H2,1-6H3;7-8H2,1-6H3;7H2,1-6H3;6,10H2,1-5H3;4-8H2,1-3H3;6H2,1-5H3;5H2,1-4H3. The lowest BCUT2D eigenvalue weighted by molar-refractivity contribution is -0.164. The van der Waals surface area contributed by atoms with Crippen LogP contribution in [0.3, 0.4) is 0 Å². The molecule has 3 rings (SSSR count). The average Bonchev–Trinajstić information content (AvgIpc) is 0.888. The van der Waals surface area contributed by atoms with Crippen LogP contribution in [0.25, 0.3) is 0 Å². The number of nitrogens with zero attached hydrogens (tertiary/aromatic N) is 5. The second kappa shape index (κ2) is 61.2. The van der Waals surface area contributed by atoms with E-state index in [1.165, 1.54) is 13.0 Å². The molecule has 1 unspecified atom stereocenters. The van der Waals surface area contributed by atoms with Crippen molar-refractivity contribution in [2.24, 2.45) is 92.4 Å². The molecule has 3 saturated heterocycles. The van der Waals surface area contributed by atoms with Gasteiger partial charge in [0.1, 0.15) is 11.6 Å². The van der Waals surface area contributed by atoms with Gasteiger partial charge in [-0.1, -0.05) is 248 Å². The number of hydrogen-bond donors (Lipinski definition) is 1. The maximum absolute atomic E-state index is 12.2. The highest BCUT2D eigenvalue weighted by atomic mass is 16.6. The second-order valence-corrected chi connectivity index (χ2v) is 53.3. The Labute approximate surface area is 799 Å². The van der Waals surface area contributed by atoms with E-state index >= 15 is 0 Å². The number of carbonyl (C=O) groups is 7. The molecule has 3 fully saturated rings. The number of nitrogens with two attached hydrogens (primary N) is 1. The fourth-order valence-corrected chi connectivity index (χ4v) is 9.74. The molecule has 3 aliphatic rings. The summed E-state index contributed by atoms with van der Waals surface area (Å²) in [6.45, 7) is 121. The van der Waals surface area contributed by atoms with Crippen molar-refractivity contribution in [3.05, 3.63) is 0 Å². The van der Waals surface area contributed by atoms with Crippen LogP contribution < -0.4 is 5.73 Å². The summed E-state index contributed by atoms with van der Waals surface area (Å²) >= 11 is 0. The summed E-state index contributed by atoms with van der Waals surface area (Å²) in [5, 5.41) is 0. The van der Waals surface area contributed by atoms with Crippen molar-refractivity contribution in [3.63, 3.8) is 0 Å². The molecule has 22 nitrogen and oxygen atoms in total. The molecule has 3 heterocycles. The van der Waals surface area contributed by atoms with Crippen LogP contribution in [0, 0.1) is 86.6 Å². The monoisotopic (exact) mass is 1850 g/mol. The third kappa shape index (κ3) is 87.8. The van der Waals surface area contributed by atoms with Gasteiger partial charge in [0.05, 0.1) is 98.6 Å². The Morgan fingerprint density at radius 1 is 0.318 bits per heavy atom. The Bertz CT molecular complexity index is 2940. The highest BCUT2D eigenvalue weighted by Crippen LogP contribution is 2.32. The van der Waals surface area contributed by atoms with Crippen LogP contribution in [-0.4, -0.2) is 244 Å². The fourth-order valence-electron chi connectivity index (χ4n) is 9.74. The molecule has 0 radical (unpaired) electrons. The Morgan fingerprint density at radius 2 is 0.574 bits per heavy atom. The van der Waals surface area contributed by atoms with Crippen molar-refractivity contribution in [1.29, 1.82) is 0 Å². The highest BCUT2D eigenvalue weighted by Gasteiger charge is 2.37. The molecule has 774 valence electrons. The number of esters is 7. The topological polar surface area (TPSA) is 245 Å². The first-order chi connectivity index (χ1) is 57.1. The van der Waals surface area contributed by atoms with Crippen molar-refractivity contribution in [3.8, 4) is 0 Å². The molecule has 0 aliphatic carbocycles. The number of rotatable bonds is 25. The zero-order chi connectivity index (χ0) is 104. The number of hydrogen-bond acceptors (Lipinski definition) is 22. The highest BCUT2D eigenvalue weighted by molar-refractivity contribution is 5.80. The van der Waals surface area contributed by atoms with E-state index in [1.807, 2.05) is 152 Å². The number of likely N-dealkylation sites (N-methyl/N-ethyl adjacent to an activating group) is 1. The molecule has 22 heteroatoms. The summed E-state index contributed by atoms with van der Waals surface area (Å²) in [7, 11) is 6.36. The molecule has 0 aromatic carbocycles. The van der Waals surface area contributed by atoms with Crippen molar-refractivity contribution < 1.29 is 76.2 Å². The minimum absolute atomic E-state index is 0.000903. The largest absolute Gasteiger partial charge is 0.465 e. The van der Waals surface area contributed by atoms with E-state index in [-0.39, 0.29) is 107 Å². The predicted octanol–water partition coefficient (Wildman–Crippen LogP) is 23.7. The zero-order valence-corrected chi connectivity index (χ0v) is 95.4. The van der Waals surface area contributed by atoms with Gasteiger partial charge in [-0.25, -0.2) is 0 Å². The molecule has 129 heavy (non-hydrogen) atoms. The normalized spacial score (nSPS) is 15.6. The van der Waals surface area contributed by atoms with Gasteiger partial charge in [-0.15, -0.1) is 0 Å². The van der Waals surface area contributed by atoms with E-state index in [9.17, 15) is 33.6 Å².